The summed E-state index contributed by atoms with van der Waals surface area (Å²) in [5, 5.41) is 1.86. The first-order valence-electron chi connectivity index (χ1n) is 11.2. The Labute approximate surface area is 213 Å². The van der Waals surface area contributed by atoms with Gasteiger partial charge in [-0.1, -0.05) is 36.4 Å². The van der Waals surface area contributed by atoms with E-state index in [2.05, 4.69) is 0 Å². The Bertz CT molecular complexity index is 1420. The van der Waals surface area contributed by atoms with Crippen LogP contribution in [0.1, 0.15) is 11.1 Å². The molecule has 4 rings (SSSR count). The van der Waals surface area contributed by atoms with Gasteiger partial charge in [0.2, 0.25) is 0 Å². The van der Waals surface area contributed by atoms with E-state index in [9.17, 15) is 4.21 Å². The van der Waals surface area contributed by atoms with Crippen LogP contribution >= 0.6 is 0 Å². The van der Waals surface area contributed by atoms with Crippen LogP contribution in [0, 0.1) is 0 Å². The van der Waals surface area contributed by atoms with E-state index < -0.39 is 10.8 Å². The van der Waals surface area contributed by atoms with E-state index in [1.54, 1.807) is 53.7 Å². The van der Waals surface area contributed by atoms with Gasteiger partial charge in [-0.3, -0.25) is 0 Å². The molecule has 0 aromatic heterocycles. The Balaban J connectivity index is 1.87. The molecule has 0 unspecified atom stereocenters. The Morgan fingerprint density at radius 2 is 1.31 bits per heavy atom. The maximum Gasteiger partial charge on any atom is 0.136 e. The number of hydrogen-bond donors (Lipinski definition) is 0. The van der Waals surface area contributed by atoms with Gasteiger partial charge in [0.25, 0.3) is 0 Å². The van der Waals surface area contributed by atoms with Gasteiger partial charge in [-0.25, -0.2) is 4.21 Å². The van der Waals surface area contributed by atoms with Crippen LogP contribution in [-0.2, 0) is 10.8 Å². The molecule has 0 aliphatic rings. The maximum absolute atomic E-state index is 14.1. The smallest absolute Gasteiger partial charge is 0.136 e. The average Bonchev–Trinajstić information content (AvgIpc) is 2.94. The zero-order valence-corrected chi connectivity index (χ0v) is 21.7. The third-order valence-corrected chi connectivity index (χ3v) is 7.41. The van der Waals surface area contributed by atoms with E-state index in [0.29, 0.717) is 38.5 Å². The third-order valence-electron chi connectivity index (χ3n) is 5.85. The van der Waals surface area contributed by atoms with Crippen molar-refractivity contribution in [1.29, 1.82) is 0 Å². The number of hydrogen-bond acceptors (Lipinski definition) is 6. The Hall–Kier alpha value is -3.97. The molecule has 0 bridgehead atoms. The Kier molecular flexibility index (Phi) is 7.80. The van der Waals surface area contributed by atoms with E-state index in [1.807, 2.05) is 60.7 Å². The monoisotopic (exact) mass is 504 g/mol. The van der Waals surface area contributed by atoms with Gasteiger partial charge < -0.3 is 23.7 Å². The molecule has 0 saturated carbocycles. The predicted octanol–water partition coefficient (Wildman–Crippen LogP) is 6.22. The molecule has 186 valence electrons. The molecule has 0 spiro atoms. The van der Waals surface area contributed by atoms with Crippen molar-refractivity contribution >= 4 is 33.7 Å². The highest BCUT2D eigenvalue weighted by molar-refractivity contribution is 7.85. The molecular formula is C29H28O6S. The molecule has 7 heteroatoms. The van der Waals surface area contributed by atoms with Crippen molar-refractivity contribution < 1.29 is 27.9 Å². The van der Waals surface area contributed by atoms with E-state index in [4.69, 9.17) is 23.7 Å². The molecular weight excluding hydrogens is 476 g/mol. The van der Waals surface area contributed by atoms with Gasteiger partial charge in [-0.2, -0.15) is 0 Å². The lowest BCUT2D eigenvalue weighted by Gasteiger charge is -2.15. The number of benzene rings is 4. The molecule has 0 heterocycles. The van der Waals surface area contributed by atoms with Crippen LogP contribution < -0.4 is 23.7 Å². The summed E-state index contributed by atoms with van der Waals surface area (Å²) in [6.45, 7) is 0. The minimum absolute atomic E-state index is 0.566. The fraction of sp³-hybridized carbons (Fsp3) is 0.172. The van der Waals surface area contributed by atoms with Crippen LogP contribution in [0.3, 0.4) is 0 Å². The van der Waals surface area contributed by atoms with Gasteiger partial charge in [0.15, 0.2) is 0 Å². The zero-order valence-electron chi connectivity index (χ0n) is 20.9. The van der Waals surface area contributed by atoms with Crippen LogP contribution in [0.25, 0.3) is 22.9 Å². The van der Waals surface area contributed by atoms with Crippen molar-refractivity contribution in [1.82, 2.24) is 0 Å². The lowest BCUT2D eigenvalue weighted by Crippen LogP contribution is -2.01. The molecule has 0 N–H and O–H groups in total. The topological polar surface area (TPSA) is 63.2 Å². The second kappa shape index (κ2) is 11.2. The van der Waals surface area contributed by atoms with Gasteiger partial charge in [0.1, 0.15) is 28.7 Å². The summed E-state index contributed by atoms with van der Waals surface area (Å²) in [7, 11) is 6.40. The molecule has 0 radical (unpaired) electrons. The van der Waals surface area contributed by atoms with E-state index >= 15 is 0 Å². The highest BCUT2D eigenvalue weighted by Gasteiger charge is 2.20. The summed E-state index contributed by atoms with van der Waals surface area (Å²) in [5.74, 6) is 3.00. The van der Waals surface area contributed by atoms with Gasteiger partial charge in [-0.05, 0) is 41.3 Å². The maximum atomic E-state index is 14.1. The van der Waals surface area contributed by atoms with Gasteiger partial charge >= 0.3 is 0 Å². The van der Waals surface area contributed by atoms with Crippen molar-refractivity contribution in [2.75, 3.05) is 35.5 Å². The van der Waals surface area contributed by atoms with Crippen LogP contribution in [0.15, 0.2) is 76.5 Å². The number of rotatable bonds is 9. The number of methoxy groups -OCH3 is 5. The van der Waals surface area contributed by atoms with Crippen molar-refractivity contribution in [3.63, 3.8) is 0 Å². The standard InChI is InChI=1S/C29H28O6S/c1-31-21-12-15-28(36(30)29-23-9-7-6-8-19(23)11-14-25(29)33-3)20(16-21)10-13-24-26(34-4)17-22(32-2)18-27(24)35-5/h6-18H,1-5H3/b13-10+/t36-/m1/s1. The Morgan fingerprint density at radius 3 is 1.94 bits per heavy atom. The highest BCUT2D eigenvalue weighted by Crippen LogP contribution is 2.38. The van der Waals surface area contributed by atoms with E-state index in [-0.39, 0.29) is 0 Å². The van der Waals surface area contributed by atoms with Gasteiger partial charge in [0, 0.05) is 17.5 Å². The van der Waals surface area contributed by atoms with Crippen molar-refractivity contribution in [2.24, 2.45) is 0 Å². The van der Waals surface area contributed by atoms with E-state index in [0.717, 1.165) is 21.9 Å². The normalized spacial score (nSPS) is 11.9. The molecule has 36 heavy (non-hydrogen) atoms. The summed E-state index contributed by atoms with van der Waals surface area (Å²) in [6, 6.07) is 20.7. The molecule has 4 aromatic carbocycles. The second-order valence-electron chi connectivity index (χ2n) is 7.77. The second-order valence-corrected chi connectivity index (χ2v) is 9.16. The van der Waals surface area contributed by atoms with Gasteiger partial charge in [0.05, 0.1) is 61.7 Å². The van der Waals surface area contributed by atoms with Crippen molar-refractivity contribution in [2.45, 2.75) is 9.79 Å². The minimum atomic E-state index is -1.55. The first-order valence-corrected chi connectivity index (χ1v) is 12.3. The number of fused-ring (bicyclic) bond motifs is 1. The molecule has 0 fully saturated rings. The first-order chi connectivity index (χ1) is 17.5. The number of ether oxygens (including phenoxy) is 5. The molecule has 0 aliphatic heterocycles. The van der Waals surface area contributed by atoms with Crippen LogP contribution in [0.5, 0.6) is 28.7 Å². The fourth-order valence-corrected chi connectivity index (χ4v) is 5.48. The summed E-state index contributed by atoms with van der Waals surface area (Å²) in [6.07, 6.45) is 3.74. The SMILES string of the molecule is COc1ccc([S@@](=O)c2c(OC)ccc3ccccc23)c(/C=C/c2c(OC)cc(OC)cc2OC)c1. The van der Waals surface area contributed by atoms with Crippen LogP contribution in [0.2, 0.25) is 0 Å². The van der Waals surface area contributed by atoms with Gasteiger partial charge in [-0.15, -0.1) is 0 Å². The highest BCUT2D eigenvalue weighted by atomic mass is 32.2. The summed E-state index contributed by atoms with van der Waals surface area (Å²) in [4.78, 5) is 1.24. The molecule has 0 amide bonds. The third kappa shape index (κ3) is 4.88. The summed E-state index contributed by atoms with van der Waals surface area (Å²) < 4.78 is 41.7. The van der Waals surface area contributed by atoms with Crippen molar-refractivity contribution in [3.8, 4) is 28.7 Å². The molecule has 0 aliphatic carbocycles. The molecule has 4 aromatic rings. The van der Waals surface area contributed by atoms with Crippen LogP contribution in [-0.4, -0.2) is 39.8 Å². The van der Waals surface area contributed by atoms with E-state index in [1.165, 1.54) is 0 Å². The summed E-state index contributed by atoms with van der Waals surface area (Å²) >= 11 is 0. The predicted molar refractivity (Wildman–Crippen MR) is 143 cm³/mol. The Morgan fingerprint density at radius 1 is 0.639 bits per heavy atom. The quantitative estimate of drug-likeness (QED) is 0.252. The summed E-state index contributed by atoms with van der Waals surface area (Å²) in [5.41, 5.74) is 1.45. The first kappa shape index (κ1) is 25.1. The fourth-order valence-electron chi connectivity index (χ4n) is 4.01. The average molecular weight is 505 g/mol. The largest absolute Gasteiger partial charge is 0.497 e. The molecule has 1 atom stereocenters. The van der Waals surface area contributed by atoms with Crippen molar-refractivity contribution in [3.05, 3.63) is 77.9 Å². The lowest BCUT2D eigenvalue weighted by molar-refractivity contribution is 0.374. The lowest BCUT2D eigenvalue weighted by atomic mass is 10.1. The minimum Gasteiger partial charge on any atom is -0.497 e. The zero-order chi connectivity index (χ0) is 25.7. The molecule has 0 saturated heterocycles. The van der Waals surface area contributed by atoms with Crippen LogP contribution in [0.4, 0.5) is 0 Å². The molecule has 6 nitrogen and oxygen atoms in total.